The highest BCUT2D eigenvalue weighted by molar-refractivity contribution is 6.04. The fourth-order valence-electron chi connectivity index (χ4n) is 3.15. The van der Waals surface area contributed by atoms with E-state index in [1.807, 2.05) is 6.07 Å². The first-order valence-electron chi connectivity index (χ1n) is 7.89. The first-order chi connectivity index (χ1) is 11.2. The van der Waals surface area contributed by atoms with E-state index in [0.717, 1.165) is 25.7 Å². The van der Waals surface area contributed by atoms with Crippen molar-refractivity contribution in [1.29, 1.82) is 0 Å². The predicted molar refractivity (Wildman–Crippen MR) is 88.6 cm³/mol. The largest absolute Gasteiger partial charge is 0.478 e. The first kappa shape index (κ1) is 15.3. The average molecular weight is 309 g/mol. The SMILES string of the molecule is O=C(O)c1ccccc1-c1ccccc1C(=O)NC1CCCC1. The number of amides is 1. The van der Waals surface area contributed by atoms with Crippen LogP contribution in [0.4, 0.5) is 0 Å². The molecule has 0 spiro atoms. The normalized spacial score (nSPS) is 14.6. The molecule has 4 nitrogen and oxygen atoms in total. The Kier molecular flexibility index (Phi) is 4.42. The van der Waals surface area contributed by atoms with Crippen molar-refractivity contribution in [2.45, 2.75) is 31.7 Å². The minimum atomic E-state index is -0.994. The summed E-state index contributed by atoms with van der Waals surface area (Å²) in [5, 5.41) is 12.5. The molecule has 2 aromatic rings. The second-order valence-corrected chi connectivity index (χ2v) is 5.85. The topological polar surface area (TPSA) is 66.4 Å². The van der Waals surface area contributed by atoms with Gasteiger partial charge in [0, 0.05) is 11.6 Å². The summed E-state index contributed by atoms with van der Waals surface area (Å²) < 4.78 is 0. The Hall–Kier alpha value is -2.62. The number of aromatic carboxylic acids is 1. The maximum Gasteiger partial charge on any atom is 0.336 e. The van der Waals surface area contributed by atoms with Gasteiger partial charge in [0.05, 0.1) is 5.56 Å². The van der Waals surface area contributed by atoms with Crippen LogP contribution in [0.2, 0.25) is 0 Å². The second-order valence-electron chi connectivity index (χ2n) is 5.85. The summed E-state index contributed by atoms with van der Waals surface area (Å²) >= 11 is 0. The first-order valence-corrected chi connectivity index (χ1v) is 7.89. The van der Waals surface area contributed by atoms with Crippen LogP contribution in [-0.4, -0.2) is 23.0 Å². The van der Waals surface area contributed by atoms with Gasteiger partial charge in [-0.1, -0.05) is 49.2 Å². The number of hydrogen-bond donors (Lipinski definition) is 2. The molecule has 1 aliphatic rings. The van der Waals surface area contributed by atoms with Crippen LogP contribution in [-0.2, 0) is 0 Å². The smallest absolute Gasteiger partial charge is 0.336 e. The zero-order chi connectivity index (χ0) is 16.2. The number of benzene rings is 2. The van der Waals surface area contributed by atoms with E-state index in [0.29, 0.717) is 16.7 Å². The van der Waals surface area contributed by atoms with Crippen molar-refractivity contribution < 1.29 is 14.7 Å². The van der Waals surface area contributed by atoms with E-state index in [2.05, 4.69) is 5.32 Å². The van der Waals surface area contributed by atoms with Gasteiger partial charge in [-0.3, -0.25) is 4.79 Å². The van der Waals surface area contributed by atoms with Gasteiger partial charge in [0.25, 0.3) is 5.91 Å². The Morgan fingerprint density at radius 1 is 0.870 bits per heavy atom. The van der Waals surface area contributed by atoms with E-state index in [1.54, 1.807) is 42.5 Å². The molecule has 0 saturated heterocycles. The number of nitrogens with one attached hydrogen (secondary N) is 1. The van der Waals surface area contributed by atoms with Crippen LogP contribution in [0, 0.1) is 0 Å². The second kappa shape index (κ2) is 6.65. The van der Waals surface area contributed by atoms with E-state index in [4.69, 9.17) is 0 Å². The Morgan fingerprint density at radius 3 is 2.00 bits per heavy atom. The lowest BCUT2D eigenvalue weighted by Crippen LogP contribution is -2.32. The van der Waals surface area contributed by atoms with Gasteiger partial charge in [0.2, 0.25) is 0 Å². The maximum atomic E-state index is 12.6. The van der Waals surface area contributed by atoms with E-state index in [9.17, 15) is 14.7 Å². The zero-order valence-corrected chi connectivity index (χ0v) is 12.8. The van der Waals surface area contributed by atoms with Crippen molar-refractivity contribution in [3.8, 4) is 11.1 Å². The lowest BCUT2D eigenvalue weighted by Gasteiger charge is -2.15. The molecule has 0 atom stereocenters. The van der Waals surface area contributed by atoms with Crippen LogP contribution in [0.1, 0.15) is 46.4 Å². The lowest BCUT2D eigenvalue weighted by molar-refractivity contribution is 0.0697. The zero-order valence-electron chi connectivity index (χ0n) is 12.8. The van der Waals surface area contributed by atoms with Crippen molar-refractivity contribution in [3.05, 3.63) is 59.7 Å². The van der Waals surface area contributed by atoms with Crippen molar-refractivity contribution in [2.75, 3.05) is 0 Å². The molecule has 0 aromatic heterocycles. The summed E-state index contributed by atoms with van der Waals surface area (Å²) in [5.41, 5.74) is 1.94. The number of carboxylic acids is 1. The summed E-state index contributed by atoms with van der Waals surface area (Å²) in [4.78, 5) is 24.1. The molecule has 0 bridgehead atoms. The Balaban J connectivity index is 1.98. The summed E-state index contributed by atoms with van der Waals surface area (Å²) in [5.74, 6) is -1.13. The number of carboxylic acid groups (broad SMARTS) is 1. The number of carbonyl (C=O) groups excluding carboxylic acids is 1. The molecule has 23 heavy (non-hydrogen) atoms. The van der Waals surface area contributed by atoms with Crippen LogP contribution in [0.5, 0.6) is 0 Å². The van der Waals surface area contributed by atoms with Crippen molar-refractivity contribution in [2.24, 2.45) is 0 Å². The molecule has 2 N–H and O–H groups in total. The Morgan fingerprint density at radius 2 is 1.39 bits per heavy atom. The number of rotatable bonds is 4. The molecule has 0 aliphatic heterocycles. The van der Waals surface area contributed by atoms with Crippen molar-refractivity contribution >= 4 is 11.9 Å². The minimum absolute atomic E-state index is 0.132. The molecule has 118 valence electrons. The summed E-state index contributed by atoms with van der Waals surface area (Å²) in [7, 11) is 0. The molecule has 1 aliphatic carbocycles. The van der Waals surface area contributed by atoms with E-state index >= 15 is 0 Å². The maximum absolute atomic E-state index is 12.6. The molecule has 1 amide bonds. The predicted octanol–water partition coefficient (Wildman–Crippen LogP) is 3.72. The highest BCUT2D eigenvalue weighted by atomic mass is 16.4. The third-order valence-corrected chi connectivity index (χ3v) is 4.31. The van der Waals surface area contributed by atoms with Crippen molar-refractivity contribution in [3.63, 3.8) is 0 Å². The van der Waals surface area contributed by atoms with Crippen LogP contribution in [0.15, 0.2) is 48.5 Å². The summed E-state index contributed by atoms with van der Waals surface area (Å²) in [6, 6.07) is 14.2. The fourth-order valence-corrected chi connectivity index (χ4v) is 3.15. The lowest BCUT2D eigenvalue weighted by atomic mass is 9.95. The molecular weight excluding hydrogens is 290 g/mol. The van der Waals surface area contributed by atoms with E-state index in [1.165, 1.54) is 0 Å². The third-order valence-electron chi connectivity index (χ3n) is 4.31. The van der Waals surface area contributed by atoms with Crippen LogP contribution >= 0.6 is 0 Å². The summed E-state index contributed by atoms with van der Waals surface area (Å²) in [6.45, 7) is 0. The number of carbonyl (C=O) groups is 2. The summed E-state index contributed by atoms with van der Waals surface area (Å²) in [6.07, 6.45) is 4.32. The fraction of sp³-hybridized carbons (Fsp3) is 0.263. The Bertz CT molecular complexity index is 733. The molecular formula is C19H19NO3. The Labute approximate surface area is 135 Å². The molecule has 2 aromatic carbocycles. The molecule has 1 fully saturated rings. The quantitative estimate of drug-likeness (QED) is 0.904. The van der Waals surface area contributed by atoms with Gasteiger partial charge in [-0.15, -0.1) is 0 Å². The molecule has 0 radical (unpaired) electrons. The highest BCUT2D eigenvalue weighted by Crippen LogP contribution is 2.28. The molecule has 1 saturated carbocycles. The minimum Gasteiger partial charge on any atom is -0.478 e. The van der Waals surface area contributed by atoms with Gasteiger partial charge in [0.15, 0.2) is 0 Å². The van der Waals surface area contributed by atoms with Gasteiger partial charge < -0.3 is 10.4 Å². The van der Waals surface area contributed by atoms with Gasteiger partial charge in [0.1, 0.15) is 0 Å². The van der Waals surface area contributed by atoms with Crippen molar-refractivity contribution in [1.82, 2.24) is 5.32 Å². The highest BCUT2D eigenvalue weighted by Gasteiger charge is 2.21. The van der Waals surface area contributed by atoms with Gasteiger partial charge in [-0.25, -0.2) is 4.79 Å². The van der Waals surface area contributed by atoms with Crippen LogP contribution in [0.25, 0.3) is 11.1 Å². The third kappa shape index (κ3) is 3.26. The monoisotopic (exact) mass is 309 g/mol. The molecule has 0 unspecified atom stereocenters. The molecule has 4 heteroatoms. The van der Waals surface area contributed by atoms with Crippen LogP contribution < -0.4 is 5.32 Å². The van der Waals surface area contributed by atoms with E-state index in [-0.39, 0.29) is 17.5 Å². The van der Waals surface area contributed by atoms with E-state index < -0.39 is 5.97 Å². The van der Waals surface area contributed by atoms with Gasteiger partial charge in [-0.05, 0) is 36.1 Å². The van der Waals surface area contributed by atoms with Gasteiger partial charge >= 0.3 is 5.97 Å². The standard InChI is InChI=1S/C19H19NO3/c21-18(20-13-7-1-2-8-13)16-11-5-3-9-14(16)15-10-4-6-12-17(15)19(22)23/h3-6,9-13H,1-2,7-8H2,(H,20,21)(H,22,23). The molecule has 3 rings (SSSR count). The van der Waals surface area contributed by atoms with Gasteiger partial charge in [-0.2, -0.15) is 0 Å². The number of hydrogen-bond acceptors (Lipinski definition) is 2. The average Bonchev–Trinajstić information content (AvgIpc) is 3.07. The molecule has 0 heterocycles. The van der Waals surface area contributed by atoms with Crippen LogP contribution in [0.3, 0.4) is 0 Å².